The summed E-state index contributed by atoms with van der Waals surface area (Å²) in [5.41, 5.74) is 1.32. The first-order chi connectivity index (χ1) is 16.0. The number of thioether (sulfide) groups is 1. The van der Waals surface area contributed by atoms with Crippen LogP contribution in [-0.4, -0.2) is 33.9 Å². The van der Waals surface area contributed by atoms with E-state index in [-0.39, 0.29) is 5.56 Å². The number of H-pyrrole nitrogens is 1. The quantitative estimate of drug-likeness (QED) is 0.360. The minimum atomic E-state index is -0.403. The van der Waals surface area contributed by atoms with Gasteiger partial charge in [0.05, 0.1) is 5.75 Å². The maximum atomic E-state index is 12.7. The second-order valence-corrected chi connectivity index (χ2v) is 8.97. The number of imidazole rings is 1. The van der Waals surface area contributed by atoms with Gasteiger partial charge in [-0.3, -0.25) is 14.3 Å². The fraction of sp³-hybridized carbons (Fsp3) is 0.435. The Morgan fingerprint density at radius 1 is 0.970 bits per heavy atom. The first kappa shape index (κ1) is 23.0. The van der Waals surface area contributed by atoms with E-state index in [1.165, 1.54) is 17.3 Å². The molecule has 0 bridgehead atoms. The van der Waals surface area contributed by atoms with Crippen LogP contribution in [0.5, 0.6) is 0 Å². The Labute approximate surface area is 195 Å². The van der Waals surface area contributed by atoms with Crippen LogP contribution in [-0.2, 0) is 32.3 Å². The van der Waals surface area contributed by atoms with Crippen LogP contribution in [0.2, 0.25) is 0 Å². The molecule has 0 aliphatic carbocycles. The molecule has 0 fully saturated rings. The Morgan fingerprint density at radius 3 is 2.48 bits per heavy atom. The molecule has 9 nitrogen and oxygen atoms in total. The number of nitrogens with one attached hydrogen (secondary N) is 1. The molecule has 0 amide bonds. The predicted molar refractivity (Wildman–Crippen MR) is 130 cm³/mol. The summed E-state index contributed by atoms with van der Waals surface area (Å²) in [6, 6.07) is 10.2. The third-order valence-corrected chi connectivity index (χ3v) is 6.62. The number of hydrogen-bond donors (Lipinski definition) is 1. The summed E-state index contributed by atoms with van der Waals surface area (Å²) in [4.78, 5) is 32.3. The molecule has 1 aromatic carbocycles. The molecule has 0 saturated heterocycles. The monoisotopic (exact) mass is 467 g/mol. The van der Waals surface area contributed by atoms with Crippen LogP contribution >= 0.6 is 11.8 Å². The molecule has 33 heavy (non-hydrogen) atoms. The Hall–Kier alpha value is -3.14. The Bertz CT molecular complexity index is 1350. The first-order valence-corrected chi connectivity index (χ1v) is 12.3. The lowest BCUT2D eigenvalue weighted by Gasteiger charge is -2.08. The number of rotatable bonds is 10. The summed E-state index contributed by atoms with van der Waals surface area (Å²) in [5, 5.41) is 9.51. The lowest BCUT2D eigenvalue weighted by atomic mass is 10.1. The van der Waals surface area contributed by atoms with E-state index < -0.39 is 5.69 Å². The van der Waals surface area contributed by atoms with Crippen LogP contribution < -0.4 is 11.2 Å². The molecule has 0 radical (unpaired) electrons. The highest BCUT2D eigenvalue weighted by atomic mass is 32.2. The molecule has 1 N–H and O–H groups in total. The number of nitrogens with zero attached hydrogens (tertiary/aromatic N) is 6. The second kappa shape index (κ2) is 10.2. The molecule has 0 aliphatic rings. The fourth-order valence-electron chi connectivity index (χ4n) is 3.85. The van der Waals surface area contributed by atoms with E-state index in [1.807, 2.05) is 34.4 Å². The van der Waals surface area contributed by atoms with Gasteiger partial charge < -0.3 is 9.13 Å². The van der Waals surface area contributed by atoms with Crippen LogP contribution in [0.1, 0.15) is 50.3 Å². The average molecular weight is 468 g/mol. The van der Waals surface area contributed by atoms with Crippen molar-refractivity contribution < 1.29 is 0 Å². The smallest absolute Gasteiger partial charge is 0.321 e. The van der Waals surface area contributed by atoms with Crippen LogP contribution in [0.3, 0.4) is 0 Å². The van der Waals surface area contributed by atoms with Gasteiger partial charge in [0.1, 0.15) is 11.6 Å². The highest BCUT2D eigenvalue weighted by molar-refractivity contribution is 7.98. The molecule has 0 saturated carbocycles. The Morgan fingerprint density at radius 2 is 1.76 bits per heavy atom. The van der Waals surface area contributed by atoms with Crippen molar-refractivity contribution in [1.82, 2.24) is 33.9 Å². The largest absolute Gasteiger partial charge is 0.330 e. The summed E-state index contributed by atoms with van der Waals surface area (Å²) in [5.74, 6) is 2.16. The summed E-state index contributed by atoms with van der Waals surface area (Å²) < 4.78 is 5.51. The van der Waals surface area contributed by atoms with Gasteiger partial charge >= 0.3 is 5.69 Å². The number of hydrogen-bond acceptors (Lipinski definition) is 6. The summed E-state index contributed by atoms with van der Waals surface area (Å²) in [6.45, 7) is 5.31. The lowest BCUT2D eigenvalue weighted by Crippen LogP contribution is -2.31. The van der Waals surface area contributed by atoms with E-state index in [0.717, 1.165) is 36.1 Å². The molecule has 10 heteroatoms. The van der Waals surface area contributed by atoms with E-state index >= 15 is 0 Å². The number of aryl methyl sites for hydroxylation is 2. The van der Waals surface area contributed by atoms with Crippen molar-refractivity contribution in [2.75, 3.05) is 0 Å². The first-order valence-electron chi connectivity index (χ1n) is 11.3. The zero-order valence-electron chi connectivity index (χ0n) is 19.2. The molecule has 3 heterocycles. The number of aromatic nitrogens is 7. The molecule has 4 rings (SSSR count). The van der Waals surface area contributed by atoms with E-state index in [1.54, 1.807) is 4.57 Å². The lowest BCUT2D eigenvalue weighted by molar-refractivity contribution is 0.612. The molecule has 174 valence electrons. The maximum Gasteiger partial charge on any atom is 0.330 e. The normalized spacial score (nSPS) is 11.5. The Kier molecular flexibility index (Phi) is 7.12. The van der Waals surface area contributed by atoms with Gasteiger partial charge in [0, 0.05) is 26.6 Å². The maximum absolute atomic E-state index is 12.7. The van der Waals surface area contributed by atoms with Crippen molar-refractivity contribution in [3.63, 3.8) is 0 Å². The second-order valence-electron chi connectivity index (χ2n) is 8.03. The van der Waals surface area contributed by atoms with Crippen LogP contribution in [0.25, 0.3) is 11.2 Å². The highest BCUT2D eigenvalue weighted by Gasteiger charge is 2.19. The standard InChI is InChI=1S/C23H29N7O2S/c1-4-6-13-30-20-19(21(31)25-22(30)32)29(12-5-2)18(24-20)15-33-23-27-26-17(28(23)3)14-16-10-8-7-9-11-16/h7-11H,4-6,12-15H2,1-3H3,(H,25,31,32). The van der Waals surface area contributed by atoms with Crippen LogP contribution in [0, 0.1) is 0 Å². The minimum absolute atomic E-state index is 0.385. The predicted octanol–water partition coefficient (Wildman–Crippen LogP) is 3.11. The van der Waals surface area contributed by atoms with E-state index in [9.17, 15) is 9.59 Å². The number of aromatic amines is 1. The van der Waals surface area contributed by atoms with Crippen LogP contribution in [0.4, 0.5) is 0 Å². The van der Waals surface area contributed by atoms with Gasteiger partial charge in [-0.05, 0) is 18.4 Å². The fourth-order valence-corrected chi connectivity index (χ4v) is 4.72. The van der Waals surface area contributed by atoms with Crippen molar-refractivity contribution in [2.24, 2.45) is 7.05 Å². The zero-order chi connectivity index (χ0) is 23.4. The molecule has 0 spiro atoms. The van der Waals surface area contributed by atoms with Gasteiger partial charge in [-0.25, -0.2) is 9.78 Å². The molecule has 0 atom stereocenters. The number of fused-ring (bicyclic) bond motifs is 1. The average Bonchev–Trinajstić information content (AvgIpc) is 3.34. The van der Waals surface area contributed by atoms with Crippen molar-refractivity contribution in [3.8, 4) is 0 Å². The highest BCUT2D eigenvalue weighted by Crippen LogP contribution is 2.24. The SMILES string of the molecule is CCCCn1c(=O)[nH]c(=O)c2c1nc(CSc1nnc(Cc3ccccc3)n1C)n2CCC. The van der Waals surface area contributed by atoms with Gasteiger partial charge in [0.2, 0.25) is 0 Å². The topological polar surface area (TPSA) is 103 Å². The summed E-state index contributed by atoms with van der Waals surface area (Å²) in [6.07, 6.45) is 3.35. The van der Waals surface area contributed by atoms with Gasteiger partial charge in [-0.2, -0.15) is 0 Å². The van der Waals surface area contributed by atoms with E-state index in [0.29, 0.717) is 36.4 Å². The number of unbranched alkanes of at least 4 members (excludes halogenated alkanes) is 1. The van der Waals surface area contributed by atoms with Crippen molar-refractivity contribution in [3.05, 3.63) is 68.4 Å². The van der Waals surface area contributed by atoms with Crippen molar-refractivity contribution >= 4 is 22.9 Å². The zero-order valence-corrected chi connectivity index (χ0v) is 20.1. The third kappa shape index (κ3) is 4.80. The Balaban J connectivity index is 1.64. The molecule has 4 aromatic rings. The molecule has 3 aromatic heterocycles. The van der Waals surface area contributed by atoms with Gasteiger partial charge in [0.15, 0.2) is 16.3 Å². The molecule has 0 unspecified atom stereocenters. The summed E-state index contributed by atoms with van der Waals surface area (Å²) in [7, 11) is 1.96. The molecular formula is C23H29N7O2S. The number of benzene rings is 1. The van der Waals surface area contributed by atoms with E-state index in [4.69, 9.17) is 4.98 Å². The van der Waals surface area contributed by atoms with Gasteiger partial charge in [-0.15, -0.1) is 10.2 Å². The van der Waals surface area contributed by atoms with Crippen LogP contribution in [0.15, 0.2) is 45.1 Å². The summed E-state index contributed by atoms with van der Waals surface area (Å²) >= 11 is 1.53. The van der Waals surface area contributed by atoms with Gasteiger partial charge in [-0.1, -0.05) is 62.4 Å². The molecule has 0 aliphatic heterocycles. The van der Waals surface area contributed by atoms with E-state index in [2.05, 4.69) is 41.2 Å². The van der Waals surface area contributed by atoms with Crippen molar-refractivity contribution in [2.45, 2.75) is 63.5 Å². The third-order valence-electron chi connectivity index (χ3n) is 5.61. The van der Waals surface area contributed by atoms with Gasteiger partial charge in [0.25, 0.3) is 5.56 Å². The molecular weight excluding hydrogens is 438 g/mol. The minimum Gasteiger partial charge on any atom is -0.321 e. The van der Waals surface area contributed by atoms with Crippen molar-refractivity contribution in [1.29, 1.82) is 0 Å².